The molecule has 2 rings (SSSR count). The summed E-state index contributed by atoms with van der Waals surface area (Å²) >= 11 is 0. The van der Waals surface area contributed by atoms with Gasteiger partial charge in [-0.15, -0.1) is 0 Å². The largest absolute Gasteiger partial charge is 0.462 e. The third-order valence-corrected chi connectivity index (χ3v) is 4.96. The summed E-state index contributed by atoms with van der Waals surface area (Å²) in [5, 5.41) is 3.01. The maximum atomic E-state index is 13.2. The van der Waals surface area contributed by atoms with Crippen LogP contribution in [0.1, 0.15) is 61.8 Å². The predicted molar refractivity (Wildman–Crippen MR) is 130 cm³/mol. The zero-order valence-corrected chi connectivity index (χ0v) is 21.0. The normalized spacial score (nSPS) is 10.9. The SMILES string of the molecule is CCOC(=O)C(=CNc1c(C(=O)OC(C)(C)C)c(C)c(C)n1Cc1ccccc1)C(=O)OCC. The van der Waals surface area contributed by atoms with Crippen molar-refractivity contribution >= 4 is 23.7 Å². The van der Waals surface area contributed by atoms with Crippen molar-refractivity contribution in [3.05, 3.63) is 64.5 Å². The molecule has 0 saturated heterocycles. The average molecular weight is 471 g/mol. The second-order valence-electron chi connectivity index (χ2n) is 8.65. The molecule has 0 amide bonds. The summed E-state index contributed by atoms with van der Waals surface area (Å²) in [5.41, 5.74) is 1.91. The van der Waals surface area contributed by atoms with Crippen LogP contribution in [0.5, 0.6) is 0 Å². The fraction of sp³-hybridized carbons (Fsp3) is 0.423. The Morgan fingerprint density at radius 1 is 0.971 bits per heavy atom. The van der Waals surface area contributed by atoms with E-state index in [1.54, 1.807) is 34.6 Å². The molecule has 1 heterocycles. The van der Waals surface area contributed by atoms with Crippen molar-refractivity contribution in [1.82, 2.24) is 4.57 Å². The second-order valence-corrected chi connectivity index (χ2v) is 8.65. The molecule has 0 unspecified atom stereocenters. The molecule has 184 valence electrons. The van der Waals surface area contributed by atoms with Crippen LogP contribution in [0, 0.1) is 13.8 Å². The Morgan fingerprint density at radius 2 is 1.53 bits per heavy atom. The number of hydrogen-bond acceptors (Lipinski definition) is 7. The van der Waals surface area contributed by atoms with E-state index in [1.807, 2.05) is 48.7 Å². The summed E-state index contributed by atoms with van der Waals surface area (Å²) in [6, 6.07) is 9.75. The highest BCUT2D eigenvalue weighted by atomic mass is 16.6. The maximum Gasteiger partial charge on any atom is 0.347 e. The predicted octanol–water partition coefficient (Wildman–Crippen LogP) is 4.53. The van der Waals surface area contributed by atoms with Gasteiger partial charge in [0.25, 0.3) is 0 Å². The van der Waals surface area contributed by atoms with E-state index in [9.17, 15) is 14.4 Å². The zero-order valence-electron chi connectivity index (χ0n) is 21.0. The average Bonchev–Trinajstić information content (AvgIpc) is 2.98. The fourth-order valence-electron chi connectivity index (χ4n) is 3.32. The number of carbonyl (C=O) groups excluding carboxylic acids is 3. The van der Waals surface area contributed by atoms with E-state index in [2.05, 4.69) is 5.32 Å². The van der Waals surface area contributed by atoms with E-state index >= 15 is 0 Å². The molecule has 0 radical (unpaired) electrons. The summed E-state index contributed by atoms with van der Waals surface area (Å²) in [5.74, 6) is -1.74. The van der Waals surface area contributed by atoms with Gasteiger partial charge in [-0.05, 0) is 59.6 Å². The quantitative estimate of drug-likeness (QED) is 0.189. The molecule has 8 heteroatoms. The summed E-state index contributed by atoms with van der Waals surface area (Å²) < 4.78 is 17.6. The molecule has 0 aliphatic carbocycles. The molecular weight excluding hydrogens is 436 g/mol. The monoisotopic (exact) mass is 470 g/mol. The number of ether oxygens (including phenoxy) is 3. The van der Waals surface area contributed by atoms with Crippen LogP contribution in [0.2, 0.25) is 0 Å². The number of carbonyl (C=O) groups is 3. The van der Waals surface area contributed by atoms with E-state index in [1.165, 1.54) is 6.20 Å². The van der Waals surface area contributed by atoms with E-state index in [0.29, 0.717) is 17.9 Å². The smallest absolute Gasteiger partial charge is 0.347 e. The Hall–Kier alpha value is -3.55. The van der Waals surface area contributed by atoms with Crippen LogP contribution in [0.25, 0.3) is 0 Å². The summed E-state index contributed by atoms with van der Waals surface area (Å²) in [4.78, 5) is 38.0. The van der Waals surface area contributed by atoms with Gasteiger partial charge >= 0.3 is 17.9 Å². The van der Waals surface area contributed by atoms with Gasteiger partial charge in [0.15, 0.2) is 5.57 Å². The van der Waals surface area contributed by atoms with Gasteiger partial charge in [0.2, 0.25) is 0 Å². The number of nitrogens with one attached hydrogen (secondary N) is 1. The lowest BCUT2D eigenvalue weighted by Gasteiger charge is -2.20. The van der Waals surface area contributed by atoms with Gasteiger partial charge in [-0.3, -0.25) is 0 Å². The van der Waals surface area contributed by atoms with Crippen LogP contribution in [-0.4, -0.2) is 41.3 Å². The highest BCUT2D eigenvalue weighted by Crippen LogP contribution is 2.30. The van der Waals surface area contributed by atoms with Gasteiger partial charge in [0, 0.05) is 18.4 Å². The number of aromatic nitrogens is 1. The van der Waals surface area contributed by atoms with Crippen LogP contribution in [0.4, 0.5) is 5.82 Å². The van der Waals surface area contributed by atoms with Crippen molar-refractivity contribution in [2.75, 3.05) is 18.5 Å². The van der Waals surface area contributed by atoms with E-state index in [-0.39, 0.29) is 18.8 Å². The molecular formula is C26H34N2O6. The first-order valence-electron chi connectivity index (χ1n) is 11.3. The molecule has 0 spiro atoms. The number of anilines is 1. The Labute approximate surface area is 200 Å². The second kappa shape index (κ2) is 11.5. The number of rotatable bonds is 9. The summed E-state index contributed by atoms with van der Waals surface area (Å²) in [6.45, 7) is 13.1. The lowest BCUT2D eigenvalue weighted by molar-refractivity contribution is -0.146. The Kier molecular flexibility index (Phi) is 9.06. The van der Waals surface area contributed by atoms with Gasteiger partial charge in [-0.2, -0.15) is 0 Å². The van der Waals surface area contributed by atoms with Gasteiger partial charge in [0.05, 0.1) is 13.2 Å². The molecule has 0 saturated carbocycles. The minimum Gasteiger partial charge on any atom is -0.462 e. The Balaban J connectivity index is 2.62. The number of nitrogens with zero attached hydrogens (tertiary/aromatic N) is 1. The molecule has 1 aromatic heterocycles. The van der Waals surface area contributed by atoms with Crippen molar-refractivity contribution in [3.8, 4) is 0 Å². The van der Waals surface area contributed by atoms with Crippen LogP contribution >= 0.6 is 0 Å². The highest BCUT2D eigenvalue weighted by Gasteiger charge is 2.28. The third kappa shape index (κ3) is 6.73. The van der Waals surface area contributed by atoms with E-state index < -0.39 is 23.5 Å². The van der Waals surface area contributed by atoms with Gasteiger partial charge in [-0.25, -0.2) is 14.4 Å². The minimum atomic E-state index is -0.818. The number of esters is 3. The standard InChI is InChI=1S/C26H34N2O6/c1-8-32-23(29)20(24(30)33-9-2)15-27-22-21(25(31)34-26(5,6)7)17(3)18(4)28(22)16-19-13-11-10-12-14-19/h10-15,27H,8-9,16H2,1-7H3. The van der Waals surface area contributed by atoms with Crippen LogP contribution in [-0.2, 0) is 30.3 Å². The molecule has 1 N–H and O–H groups in total. The van der Waals surface area contributed by atoms with E-state index in [4.69, 9.17) is 14.2 Å². The summed E-state index contributed by atoms with van der Waals surface area (Å²) in [6.07, 6.45) is 1.22. The molecule has 1 aromatic carbocycles. The van der Waals surface area contributed by atoms with Crippen molar-refractivity contribution in [1.29, 1.82) is 0 Å². The summed E-state index contributed by atoms with van der Waals surface area (Å²) in [7, 11) is 0. The van der Waals surface area contributed by atoms with Crippen molar-refractivity contribution in [2.24, 2.45) is 0 Å². The zero-order chi connectivity index (χ0) is 25.5. The molecule has 0 bridgehead atoms. The van der Waals surface area contributed by atoms with Crippen LogP contribution < -0.4 is 5.32 Å². The first kappa shape index (κ1) is 26.7. The highest BCUT2D eigenvalue weighted by molar-refractivity contribution is 6.14. The molecule has 0 aliphatic heterocycles. The topological polar surface area (TPSA) is 95.9 Å². The lowest BCUT2D eigenvalue weighted by Crippen LogP contribution is -2.25. The van der Waals surface area contributed by atoms with Crippen LogP contribution in [0.15, 0.2) is 42.1 Å². The van der Waals surface area contributed by atoms with Crippen LogP contribution in [0.3, 0.4) is 0 Å². The Morgan fingerprint density at radius 3 is 2.03 bits per heavy atom. The molecule has 8 nitrogen and oxygen atoms in total. The molecule has 2 aromatic rings. The van der Waals surface area contributed by atoms with E-state index in [0.717, 1.165) is 16.8 Å². The van der Waals surface area contributed by atoms with Crippen molar-refractivity contribution in [3.63, 3.8) is 0 Å². The van der Waals surface area contributed by atoms with Gasteiger partial charge < -0.3 is 24.1 Å². The molecule has 34 heavy (non-hydrogen) atoms. The Bertz CT molecular complexity index is 1040. The fourth-order valence-corrected chi connectivity index (χ4v) is 3.32. The number of hydrogen-bond donors (Lipinski definition) is 1. The first-order valence-corrected chi connectivity index (χ1v) is 11.3. The third-order valence-electron chi connectivity index (χ3n) is 4.96. The molecule has 0 fully saturated rings. The van der Waals surface area contributed by atoms with Crippen molar-refractivity contribution in [2.45, 2.75) is 60.6 Å². The molecule has 0 aliphatic rings. The first-order chi connectivity index (χ1) is 16.0. The maximum absolute atomic E-state index is 13.2. The van der Waals surface area contributed by atoms with Gasteiger partial charge in [-0.1, -0.05) is 30.3 Å². The van der Waals surface area contributed by atoms with Crippen molar-refractivity contribution < 1.29 is 28.6 Å². The minimum absolute atomic E-state index is 0.0985. The number of benzene rings is 1. The molecule has 0 atom stereocenters. The van der Waals surface area contributed by atoms with Gasteiger partial charge in [0.1, 0.15) is 17.0 Å². The lowest BCUT2D eigenvalue weighted by atomic mass is 10.1.